The Labute approximate surface area is 161 Å². The summed E-state index contributed by atoms with van der Waals surface area (Å²) in [6.07, 6.45) is 0. The van der Waals surface area contributed by atoms with E-state index in [0.717, 1.165) is 5.56 Å². The van der Waals surface area contributed by atoms with Gasteiger partial charge in [0.2, 0.25) is 0 Å². The molecule has 1 fully saturated rings. The molecule has 0 bridgehead atoms. The zero-order chi connectivity index (χ0) is 18.8. The quantitative estimate of drug-likeness (QED) is 0.767. The molecule has 0 aromatic heterocycles. The van der Waals surface area contributed by atoms with E-state index in [1.165, 1.54) is 6.07 Å². The monoisotopic (exact) mass is 391 g/mol. The number of piperazine rings is 1. The molecule has 1 amide bonds. The molecule has 3 rings (SSSR count). The number of hydrogen-bond acceptors (Lipinski definition) is 3. The maximum Gasteiger partial charge on any atom is 0.254 e. The number of amides is 1. The van der Waals surface area contributed by atoms with Gasteiger partial charge in [-0.25, -0.2) is 4.39 Å². The van der Waals surface area contributed by atoms with E-state index < -0.39 is 5.82 Å². The van der Waals surface area contributed by atoms with Crippen LogP contribution in [0.5, 0.6) is 0 Å². The van der Waals surface area contributed by atoms with Gasteiger partial charge in [-0.3, -0.25) is 4.79 Å². The van der Waals surface area contributed by atoms with Crippen LogP contribution in [0.2, 0.25) is 10.0 Å². The third-order valence-corrected chi connectivity index (χ3v) is 5.23. The largest absolute Gasteiger partial charge is 0.366 e. The maximum atomic E-state index is 14.3. The average Bonchev–Trinajstić information content (AvgIpc) is 2.65. The number of benzene rings is 2. The van der Waals surface area contributed by atoms with E-state index in [4.69, 9.17) is 28.5 Å². The van der Waals surface area contributed by atoms with Crippen molar-refractivity contribution in [2.75, 3.05) is 31.1 Å². The summed E-state index contributed by atoms with van der Waals surface area (Å²) in [6.45, 7) is 3.74. The number of halogens is 3. The lowest BCUT2D eigenvalue weighted by Gasteiger charge is -2.36. The lowest BCUT2D eigenvalue weighted by molar-refractivity contribution is 0.0746. The fourth-order valence-electron chi connectivity index (χ4n) is 2.99. The Hall–Kier alpha value is -2.29. The van der Waals surface area contributed by atoms with Crippen LogP contribution in [0.3, 0.4) is 0 Å². The smallest absolute Gasteiger partial charge is 0.254 e. The summed E-state index contributed by atoms with van der Waals surface area (Å²) in [4.78, 5) is 16.2. The normalized spacial score (nSPS) is 14.3. The summed E-state index contributed by atoms with van der Waals surface area (Å²) in [6, 6.07) is 9.73. The van der Waals surface area contributed by atoms with Gasteiger partial charge in [0, 0.05) is 31.7 Å². The molecule has 1 saturated heterocycles. The summed E-state index contributed by atoms with van der Waals surface area (Å²) in [5, 5.41) is 9.73. The van der Waals surface area contributed by atoms with Crippen molar-refractivity contribution >= 4 is 34.8 Å². The number of aryl methyl sites for hydroxylation is 1. The van der Waals surface area contributed by atoms with Crippen molar-refractivity contribution in [1.29, 1.82) is 5.26 Å². The van der Waals surface area contributed by atoms with Gasteiger partial charge in [-0.05, 0) is 42.8 Å². The van der Waals surface area contributed by atoms with Gasteiger partial charge in [0.25, 0.3) is 5.91 Å². The number of nitrogens with zero attached hydrogens (tertiary/aromatic N) is 3. The van der Waals surface area contributed by atoms with Crippen molar-refractivity contribution in [3.05, 3.63) is 62.9 Å². The number of carbonyl (C=O) groups is 1. The highest BCUT2D eigenvalue weighted by Crippen LogP contribution is 2.26. The molecule has 4 nitrogen and oxygen atoms in total. The van der Waals surface area contributed by atoms with Gasteiger partial charge in [-0.15, -0.1) is 0 Å². The first kappa shape index (κ1) is 18.5. The Balaban J connectivity index is 1.71. The van der Waals surface area contributed by atoms with E-state index >= 15 is 0 Å². The number of nitriles is 1. The van der Waals surface area contributed by atoms with Crippen LogP contribution in [0.15, 0.2) is 30.3 Å². The minimum Gasteiger partial charge on any atom is -0.366 e. The topological polar surface area (TPSA) is 47.3 Å². The number of carbonyl (C=O) groups excluding carboxylic acids is 1. The Kier molecular flexibility index (Phi) is 5.36. The van der Waals surface area contributed by atoms with Crippen LogP contribution in [0.25, 0.3) is 0 Å². The van der Waals surface area contributed by atoms with E-state index in [9.17, 15) is 9.18 Å². The molecule has 0 aliphatic carbocycles. The van der Waals surface area contributed by atoms with E-state index in [2.05, 4.69) is 0 Å². The van der Waals surface area contributed by atoms with E-state index in [-0.39, 0.29) is 5.91 Å². The van der Waals surface area contributed by atoms with Crippen molar-refractivity contribution < 1.29 is 9.18 Å². The van der Waals surface area contributed by atoms with Crippen LogP contribution >= 0.6 is 23.2 Å². The highest BCUT2D eigenvalue weighted by atomic mass is 35.5. The van der Waals surface area contributed by atoms with Crippen LogP contribution in [-0.2, 0) is 0 Å². The standard InChI is InChI=1S/C19H16Cl2FN3O/c1-12-8-18(17(22)10-14(12)11-23)24-4-6-25(7-5-24)19(26)13-2-3-15(20)16(21)9-13/h2-3,8-10H,4-7H2,1H3. The highest BCUT2D eigenvalue weighted by Gasteiger charge is 2.24. The SMILES string of the molecule is Cc1cc(N2CCN(C(=O)c3ccc(Cl)c(Cl)c3)CC2)c(F)cc1C#N. The predicted molar refractivity (Wildman–Crippen MR) is 100 cm³/mol. The molecule has 2 aromatic carbocycles. The molecule has 1 heterocycles. The van der Waals surface area contributed by atoms with Gasteiger partial charge in [-0.1, -0.05) is 23.2 Å². The number of hydrogen-bond donors (Lipinski definition) is 0. The highest BCUT2D eigenvalue weighted by molar-refractivity contribution is 6.42. The molecule has 0 N–H and O–H groups in total. The second-order valence-electron chi connectivity index (χ2n) is 6.14. The summed E-state index contributed by atoms with van der Waals surface area (Å²) in [5.74, 6) is -0.545. The minimum atomic E-state index is -0.420. The lowest BCUT2D eigenvalue weighted by atomic mass is 10.1. The predicted octanol–water partition coefficient (Wildman–Crippen LogP) is 4.28. The van der Waals surface area contributed by atoms with Gasteiger partial charge in [-0.2, -0.15) is 5.26 Å². The Morgan fingerprint density at radius 2 is 1.81 bits per heavy atom. The lowest BCUT2D eigenvalue weighted by Crippen LogP contribution is -2.49. The zero-order valence-corrected chi connectivity index (χ0v) is 15.6. The molecule has 1 aliphatic rings. The first-order valence-electron chi connectivity index (χ1n) is 8.10. The summed E-state index contributed by atoms with van der Waals surface area (Å²) < 4.78 is 14.3. The van der Waals surface area contributed by atoms with Crippen LogP contribution in [0.4, 0.5) is 10.1 Å². The Morgan fingerprint density at radius 1 is 1.12 bits per heavy atom. The second kappa shape index (κ2) is 7.53. The zero-order valence-electron chi connectivity index (χ0n) is 14.1. The fourth-order valence-corrected chi connectivity index (χ4v) is 3.29. The molecule has 0 spiro atoms. The molecule has 26 heavy (non-hydrogen) atoms. The maximum absolute atomic E-state index is 14.3. The molecule has 2 aromatic rings. The van der Waals surface area contributed by atoms with Crippen LogP contribution in [0.1, 0.15) is 21.5 Å². The second-order valence-corrected chi connectivity index (χ2v) is 6.95. The molecular weight excluding hydrogens is 376 g/mol. The van der Waals surface area contributed by atoms with Crippen LogP contribution in [0, 0.1) is 24.1 Å². The van der Waals surface area contributed by atoms with Gasteiger partial charge in [0.05, 0.1) is 27.4 Å². The molecule has 134 valence electrons. The third-order valence-electron chi connectivity index (χ3n) is 4.49. The molecule has 0 radical (unpaired) electrons. The first-order valence-corrected chi connectivity index (χ1v) is 8.86. The van der Waals surface area contributed by atoms with Crippen molar-refractivity contribution in [3.63, 3.8) is 0 Å². The first-order chi connectivity index (χ1) is 12.4. The molecule has 7 heteroatoms. The van der Waals surface area contributed by atoms with E-state index in [1.807, 2.05) is 11.0 Å². The fraction of sp³-hybridized carbons (Fsp3) is 0.263. The van der Waals surface area contributed by atoms with E-state index in [0.29, 0.717) is 53.0 Å². The molecule has 0 saturated carbocycles. The van der Waals surface area contributed by atoms with Crippen molar-refractivity contribution in [1.82, 2.24) is 4.90 Å². The summed E-state index contributed by atoms with van der Waals surface area (Å²) in [5.41, 5.74) is 2.01. The van der Waals surface area contributed by atoms with Crippen LogP contribution in [-0.4, -0.2) is 37.0 Å². The van der Waals surface area contributed by atoms with Gasteiger partial charge in [0.1, 0.15) is 5.82 Å². The minimum absolute atomic E-state index is 0.125. The number of rotatable bonds is 2. The summed E-state index contributed by atoms with van der Waals surface area (Å²) >= 11 is 11.9. The van der Waals surface area contributed by atoms with Gasteiger partial charge in [0.15, 0.2) is 0 Å². The van der Waals surface area contributed by atoms with Crippen molar-refractivity contribution in [2.45, 2.75) is 6.92 Å². The van der Waals surface area contributed by atoms with E-state index in [1.54, 1.807) is 36.1 Å². The van der Waals surface area contributed by atoms with Gasteiger partial charge >= 0.3 is 0 Å². The molecule has 1 aliphatic heterocycles. The Morgan fingerprint density at radius 3 is 2.42 bits per heavy atom. The third kappa shape index (κ3) is 3.62. The number of anilines is 1. The van der Waals surface area contributed by atoms with Gasteiger partial charge < -0.3 is 9.80 Å². The van der Waals surface area contributed by atoms with Crippen LogP contribution < -0.4 is 4.90 Å². The average molecular weight is 392 g/mol. The molecular formula is C19H16Cl2FN3O. The Bertz CT molecular complexity index is 902. The summed E-state index contributed by atoms with van der Waals surface area (Å²) in [7, 11) is 0. The van der Waals surface area contributed by atoms with Crippen molar-refractivity contribution in [3.8, 4) is 6.07 Å². The van der Waals surface area contributed by atoms with Crippen molar-refractivity contribution in [2.24, 2.45) is 0 Å². The molecule has 0 atom stereocenters. The molecule has 0 unspecified atom stereocenters.